The van der Waals surface area contributed by atoms with Gasteiger partial charge in [-0.1, -0.05) is 12.1 Å². The molecule has 0 spiro atoms. The monoisotopic (exact) mass is 236 g/mol. The summed E-state index contributed by atoms with van der Waals surface area (Å²) in [5, 5.41) is 0.563. The lowest BCUT2D eigenvalue weighted by atomic mass is 10.1. The molecule has 0 aliphatic rings. The molecule has 0 unspecified atom stereocenters. The van der Waals surface area contributed by atoms with Gasteiger partial charge >= 0.3 is 0 Å². The van der Waals surface area contributed by atoms with Gasteiger partial charge in [-0.05, 0) is 24.8 Å². The molecule has 0 aliphatic carbocycles. The number of aromatic nitrogens is 2. The van der Waals surface area contributed by atoms with Gasteiger partial charge in [-0.15, -0.1) is 0 Å². The van der Waals surface area contributed by atoms with E-state index in [1.54, 1.807) is 18.5 Å². The van der Waals surface area contributed by atoms with E-state index >= 15 is 0 Å². The van der Waals surface area contributed by atoms with Crippen LogP contribution in [0.2, 0.25) is 0 Å². The number of Topliss-reactive ketones (excluding diaryl/α,β-unsaturated/α-hetero) is 1. The standard InChI is InChI=1S/C11H9FN2OS/c1-7(15)8-3-2-4-9(12)10(8)16-11-13-5-6-14-11/h2-6H,1H3,(H,13,14). The Kier molecular flexibility index (Phi) is 3.05. The average Bonchev–Trinajstić information content (AvgIpc) is 2.73. The van der Waals surface area contributed by atoms with E-state index in [-0.39, 0.29) is 5.78 Å². The molecule has 0 bridgehead atoms. The second-order valence-electron chi connectivity index (χ2n) is 3.17. The number of nitrogens with zero attached hydrogens (tertiary/aromatic N) is 1. The van der Waals surface area contributed by atoms with Crippen molar-refractivity contribution in [3.63, 3.8) is 0 Å². The van der Waals surface area contributed by atoms with Gasteiger partial charge in [0.05, 0.1) is 4.90 Å². The minimum atomic E-state index is -0.408. The van der Waals surface area contributed by atoms with Crippen LogP contribution in [0.4, 0.5) is 4.39 Å². The topological polar surface area (TPSA) is 45.8 Å². The minimum absolute atomic E-state index is 0.159. The molecular weight excluding hydrogens is 227 g/mol. The van der Waals surface area contributed by atoms with Gasteiger partial charge in [-0.2, -0.15) is 0 Å². The first-order valence-electron chi connectivity index (χ1n) is 4.65. The first-order chi connectivity index (χ1) is 7.68. The summed E-state index contributed by atoms with van der Waals surface area (Å²) >= 11 is 1.11. The highest BCUT2D eigenvalue weighted by Crippen LogP contribution is 2.30. The molecule has 0 saturated heterocycles. The van der Waals surface area contributed by atoms with E-state index in [4.69, 9.17) is 0 Å². The number of aromatic amines is 1. The van der Waals surface area contributed by atoms with Crippen LogP contribution < -0.4 is 0 Å². The van der Waals surface area contributed by atoms with Crippen molar-refractivity contribution in [3.8, 4) is 0 Å². The summed E-state index contributed by atoms with van der Waals surface area (Å²) in [4.78, 5) is 18.5. The number of carbonyl (C=O) groups is 1. The van der Waals surface area contributed by atoms with Gasteiger partial charge in [0.1, 0.15) is 5.82 Å². The number of ketones is 1. The molecule has 1 aromatic carbocycles. The van der Waals surface area contributed by atoms with Crippen molar-refractivity contribution in [1.82, 2.24) is 9.97 Å². The van der Waals surface area contributed by atoms with E-state index < -0.39 is 5.82 Å². The van der Waals surface area contributed by atoms with Crippen molar-refractivity contribution in [2.24, 2.45) is 0 Å². The van der Waals surface area contributed by atoms with E-state index in [1.165, 1.54) is 19.1 Å². The summed E-state index contributed by atoms with van der Waals surface area (Å²) in [6.45, 7) is 1.42. The molecule has 2 aromatic rings. The fourth-order valence-electron chi connectivity index (χ4n) is 1.29. The molecular formula is C11H9FN2OS. The minimum Gasteiger partial charge on any atom is -0.339 e. The molecule has 0 saturated carbocycles. The van der Waals surface area contributed by atoms with Gasteiger partial charge in [-0.25, -0.2) is 9.37 Å². The zero-order valence-corrected chi connectivity index (χ0v) is 9.34. The van der Waals surface area contributed by atoms with Crippen LogP contribution in [-0.2, 0) is 0 Å². The number of hydrogen-bond acceptors (Lipinski definition) is 3. The van der Waals surface area contributed by atoms with Crippen molar-refractivity contribution in [1.29, 1.82) is 0 Å². The molecule has 3 nitrogen and oxygen atoms in total. The van der Waals surface area contributed by atoms with Crippen molar-refractivity contribution >= 4 is 17.5 Å². The SMILES string of the molecule is CC(=O)c1cccc(F)c1Sc1ncc[nH]1. The predicted molar refractivity (Wildman–Crippen MR) is 59.1 cm³/mol. The van der Waals surface area contributed by atoms with Crippen LogP contribution in [0.5, 0.6) is 0 Å². The summed E-state index contributed by atoms with van der Waals surface area (Å²) in [5.41, 5.74) is 0.376. The van der Waals surface area contributed by atoms with Crippen molar-refractivity contribution in [2.45, 2.75) is 17.0 Å². The summed E-state index contributed by atoms with van der Waals surface area (Å²) in [6.07, 6.45) is 3.23. The van der Waals surface area contributed by atoms with Crippen molar-refractivity contribution < 1.29 is 9.18 Å². The Bertz CT molecular complexity index is 511. The third-order valence-corrected chi connectivity index (χ3v) is 3.05. The Hall–Kier alpha value is -1.62. The molecule has 0 atom stereocenters. The molecule has 0 amide bonds. The number of rotatable bonds is 3. The molecule has 1 N–H and O–H groups in total. The Balaban J connectivity index is 2.42. The Morgan fingerprint density at radius 2 is 2.31 bits per heavy atom. The molecule has 16 heavy (non-hydrogen) atoms. The second-order valence-corrected chi connectivity index (χ2v) is 4.17. The van der Waals surface area contributed by atoms with Gasteiger partial charge in [0.15, 0.2) is 10.9 Å². The number of nitrogens with one attached hydrogen (secondary N) is 1. The number of hydrogen-bond donors (Lipinski definition) is 1. The molecule has 0 aliphatic heterocycles. The van der Waals surface area contributed by atoms with E-state index in [1.807, 2.05) is 0 Å². The smallest absolute Gasteiger partial charge is 0.170 e. The highest BCUT2D eigenvalue weighted by Gasteiger charge is 2.14. The quantitative estimate of drug-likeness (QED) is 0.833. The van der Waals surface area contributed by atoms with Crippen LogP contribution in [0.3, 0.4) is 0 Å². The van der Waals surface area contributed by atoms with E-state index in [0.717, 1.165) is 11.8 Å². The largest absolute Gasteiger partial charge is 0.339 e. The van der Waals surface area contributed by atoms with E-state index in [9.17, 15) is 9.18 Å². The van der Waals surface area contributed by atoms with Crippen molar-refractivity contribution in [2.75, 3.05) is 0 Å². The van der Waals surface area contributed by atoms with Crippen molar-refractivity contribution in [3.05, 3.63) is 42.0 Å². The number of carbonyl (C=O) groups excluding carboxylic acids is 1. The zero-order valence-electron chi connectivity index (χ0n) is 8.53. The Morgan fingerprint density at radius 3 is 2.94 bits per heavy atom. The lowest BCUT2D eigenvalue weighted by molar-refractivity contribution is 0.101. The number of halogens is 1. The van der Waals surface area contributed by atoms with Gasteiger partial charge in [0.2, 0.25) is 0 Å². The maximum atomic E-state index is 13.6. The number of imidazole rings is 1. The third kappa shape index (κ3) is 2.14. The van der Waals surface area contributed by atoms with Crippen LogP contribution in [0.15, 0.2) is 40.6 Å². The molecule has 2 rings (SSSR count). The second kappa shape index (κ2) is 4.49. The Morgan fingerprint density at radius 1 is 1.50 bits per heavy atom. The van der Waals surface area contributed by atoms with Crippen LogP contribution in [0.25, 0.3) is 0 Å². The number of benzene rings is 1. The molecule has 5 heteroatoms. The molecule has 1 aromatic heterocycles. The van der Waals surface area contributed by atoms with Crippen LogP contribution in [0, 0.1) is 5.82 Å². The average molecular weight is 236 g/mol. The maximum Gasteiger partial charge on any atom is 0.170 e. The number of H-pyrrole nitrogens is 1. The Labute approximate surface area is 96.1 Å². The third-order valence-electron chi connectivity index (χ3n) is 2.02. The molecule has 0 radical (unpaired) electrons. The normalized spacial score (nSPS) is 10.4. The van der Waals surface area contributed by atoms with Gasteiger partial charge < -0.3 is 4.98 Å². The molecule has 0 fully saturated rings. The summed E-state index contributed by atoms with van der Waals surface area (Å²) < 4.78 is 13.6. The van der Waals surface area contributed by atoms with E-state index in [0.29, 0.717) is 15.6 Å². The maximum absolute atomic E-state index is 13.6. The van der Waals surface area contributed by atoms with Crippen LogP contribution >= 0.6 is 11.8 Å². The first-order valence-corrected chi connectivity index (χ1v) is 5.47. The fourth-order valence-corrected chi connectivity index (χ4v) is 2.21. The van der Waals surface area contributed by atoms with Crippen LogP contribution in [-0.4, -0.2) is 15.8 Å². The summed E-state index contributed by atoms with van der Waals surface area (Å²) in [5.74, 6) is -0.567. The predicted octanol–water partition coefficient (Wildman–Crippen LogP) is 2.90. The molecule has 82 valence electrons. The highest BCUT2D eigenvalue weighted by atomic mass is 32.2. The fraction of sp³-hybridized carbons (Fsp3) is 0.0909. The molecule has 1 heterocycles. The van der Waals surface area contributed by atoms with Gasteiger partial charge in [-0.3, -0.25) is 4.79 Å². The van der Waals surface area contributed by atoms with E-state index in [2.05, 4.69) is 9.97 Å². The summed E-state index contributed by atoms with van der Waals surface area (Å²) in [7, 11) is 0. The van der Waals surface area contributed by atoms with Gasteiger partial charge in [0.25, 0.3) is 0 Å². The highest BCUT2D eigenvalue weighted by molar-refractivity contribution is 7.99. The lowest BCUT2D eigenvalue weighted by Gasteiger charge is -2.05. The first kappa shape index (κ1) is 10.9. The zero-order chi connectivity index (χ0) is 11.5. The lowest BCUT2D eigenvalue weighted by Crippen LogP contribution is -1.97. The van der Waals surface area contributed by atoms with Gasteiger partial charge in [0, 0.05) is 18.0 Å². The van der Waals surface area contributed by atoms with Crippen LogP contribution in [0.1, 0.15) is 17.3 Å². The summed E-state index contributed by atoms with van der Waals surface area (Å²) in [6, 6.07) is 4.46.